The maximum Gasteiger partial charge on any atom is 0.303 e. The minimum absolute atomic E-state index is 0.0307. The lowest BCUT2D eigenvalue weighted by molar-refractivity contribution is -0.157. The number of carbonyl (C=O) groups is 5. The van der Waals surface area contributed by atoms with Crippen LogP contribution in [0.5, 0.6) is 0 Å². The number of carbonyl (C=O) groups excluding carboxylic acids is 5. The maximum absolute atomic E-state index is 14.1. The van der Waals surface area contributed by atoms with Gasteiger partial charge in [0.1, 0.15) is 11.9 Å². The second-order valence-electron chi connectivity index (χ2n) is 11.8. The molecule has 1 aromatic rings. The van der Waals surface area contributed by atoms with Crippen LogP contribution in [0.2, 0.25) is 5.02 Å². The number of nitrogens with one attached hydrogen (secondary N) is 4. The Hall–Kier alpha value is -3.47. The average Bonchev–Trinajstić information content (AvgIpc) is 3.59. The van der Waals surface area contributed by atoms with Crippen LogP contribution in [0.25, 0.3) is 6.08 Å². The predicted molar refractivity (Wildman–Crippen MR) is 151 cm³/mol. The van der Waals surface area contributed by atoms with Crippen LogP contribution in [0.3, 0.4) is 0 Å². The molecule has 0 bridgehead atoms. The Bertz CT molecular complexity index is 1200. The van der Waals surface area contributed by atoms with Gasteiger partial charge < -0.3 is 26.0 Å². The van der Waals surface area contributed by atoms with Crippen molar-refractivity contribution >= 4 is 47.3 Å². The number of esters is 1. The van der Waals surface area contributed by atoms with Crippen LogP contribution in [-0.4, -0.2) is 60.4 Å². The molecule has 1 aliphatic heterocycles. The Morgan fingerprint density at radius 3 is 2.41 bits per heavy atom. The third-order valence-electron chi connectivity index (χ3n) is 6.70. The van der Waals surface area contributed by atoms with E-state index < -0.39 is 59.0 Å². The molecule has 1 saturated carbocycles. The van der Waals surface area contributed by atoms with Crippen molar-refractivity contribution < 1.29 is 33.1 Å². The van der Waals surface area contributed by atoms with Gasteiger partial charge in [-0.15, -0.1) is 0 Å². The Balaban J connectivity index is 1.82. The molecule has 41 heavy (non-hydrogen) atoms. The third-order valence-corrected chi connectivity index (χ3v) is 6.93. The molecule has 3 rings (SSSR count). The van der Waals surface area contributed by atoms with Gasteiger partial charge >= 0.3 is 5.97 Å². The van der Waals surface area contributed by atoms with E-state index in [1.165, 1.54) is 18.2 Å². The summed E-state index contributed by atoms with van der Waals surface area (Å²) in [6.45, 7) is 7.30. The molecule has 10 nitrogen and oxygen atoms in total. The van der Waals surface area contributed by atoms with Crippen molar-refractivity contribution in [1.82, 2.24) is 21.3 Å². The van der Waals surface area contributed by atoms with Gasteiger partial charge in [-0.3, -0.25) is 24.0 Å². The van der Waals surface area contributed by atoms with Gasteiger partial charge in [-0.25, -0.2) is 4.39 Å². The Morgan fingerprint density at radius 2 is 1.85 bits per heavy atom. The molecule has 4 N–H and O–H groups in total. The molecule has 1 aliphatic carbocycles. The summed E-state index contributed by atoms with van der Waals surface area (Å²) < 4.78 is 19.5. The van der Waals surface area contributed by atoms with Crippen molar-refractivity contribution in [2.75, 3.05) is 6.54 Å². The number of benzene rings is 1. The molecule has 2 fully saturated rings. The quantitative estimate of drug-likeness (QED) is 0.217. The number of rotatable bonds is 12. The topological polar surface area (TPSA) is 143 Å². The van der Waals surface area contributed by atoms with E-state index in [9.17, 15) is 28.4 Å². The standard InChI is InChI=1S/C29H38ClFN4O6/c1-16(36)41-25(28(40)33-20-8-9-20)22(13-18-11-12-32-26(18)38)35-27(39)23(15-29(2,3)4)34-24(37)10-6-17-5-7-19(30)14-21(17)31/h5-7,10,14,18,20,22-23,25H,8-9,11-13,15H2,1-4H3,(H,32,38)(H,33,40)(H,34,37)(H,35,39)/b10-6+/t18-,22?,23-,25?/m0/s1. The van der Waals surface area contributed by atoms with Gasteiger partial charge in [0, 0.05) is 42.1 Å². The molecule has 224 valence electrons. The Morgan fingerprint density at radius 1 is 1.15 bits per heavy atom. The van der Waals surface area contributed by atoms with E-state index in [0.29, 0.717) is 13.0 Å². The lowest BCUT2D eigenvalue weighted by atomic mass is 9.87. The van der Waals surface area contributed by atoms with Crippen molar-refractivity contribution in [2.24, 2.45) is 11.3 Å². The normalized spacial score (nSPS) is 19.2. The van der Waals surface area contributed by atoms with Gasteiger partial charge in [-0.2, -0.15) is 0 Å². The molecule has 0 aromatic heterocycles. The number of amides is 4. The molecular weight excluding hydrogens is 555 g/mol. The van der Waals surface area contributed by atoms with E-state index in [1.54, 1.807) is 0 Å². The lowest BCUT2D eigenvalue weighted by Crippen LogP contribution is -2.57. The van der Waals surface area contributed by atoms with Crippen molar-refractivity contribution in [1.29, 1.82) is 0 Å². The van der Waals surface area contributed by atoms with E-state index >= 15 is 0 Å². The van der Waals surface area contributed by atoms with E-state index in [1.807, 2.05) is 20.8 Å². The summed E-state index contributed by atoms with van der Waals surface area (Å²) in [4.78, 5) is 63.9. The van der Waals surface area contributed by atoms with Crippen LogP contribution in [0.1, 0.15) is 65.4 Å². The van der Waals surface area contributed by atoms with Crippen LogP contribution in [-0.2, 0) is 28.7 Å². The van der Waals surface area contributed by atoms with Crippen molar-refractivity contribution in [3.63, 3.8) is 0 Å². The number of ether oxygens (including phenoxy) is 1. The summed E-state index contributed by atoms with van der Waals surface area (Å²) in [5.74, 6) is -3.85. The van der Waals surface area contributed by atoms with Gasteiger partial charge in [0.2, 0.25) is 17.7 Å². The smallest absolute Gasteiger partial charge is 0.303 e. The van der Waals surface area contributed by atoms with E-state index in [4.69, 9.17) is 16.3 Å². The monoisotopic (exact) mass is 592 g/mol. The van der Waals surface area contributed by atoms with Crippen LogP contribution < -0.4 is 21.3 Å². The van der Waals surface area contributed by atoms with Gasteiger partial charge in [0.15, 0.2) is 6.10 Å². The minimum atomic E-state index is -1.37. The van der Waals surface area contributed by atoms with Crippen molar-refractivity contribution in [3.05, 3.63) is 40.7 Å². The van der Waals surface area contributed by atoms with E-state index in [-0.39, 0.29) is 35.4 Å². The highest BCUT2D eigenvalue weighted by molar-refractivity contribution is 6.30. The molecule has 4 atom stereocenters. The summed E-state index contributed by atoms with van der Waals surface area (Å²) in [5, 5.41) is 11.2. The van der Waals surface area contributed by atoms with Gasteiger partial charge in [0.25, 0.3) is 5.91 Å². The van der Waals surface area contributed by atoms with Crippen LogP contribution in [0.4, 0.5) is 4.39 Å². The summed E-state index contributed by atoms with van der Waals surface area (Å²) >= 11 is 5.78. The molecule has 2 unspecified atom stereocenters. The number of halogens is 2. The molecule has 1 aromatic carbocycles. The molecule has 1 saturated heterocycles. The maximum atomic E-state index is 14.1. The lowest BCUT2D eigenvalue weighted by Gasteiger charge is -2.31. The zero-order valence-electron chi connectivity index (χ0n) is 23.7. The fraction of sp³-hybridized carbons (Fsp3) is 0.552. The third kappa shape index (κ3) is 10.5. The highest BCUT2D eigenvalue weighted by atomic mass is 35.5. The zero-order chi connectivity index (χ0) is 30.3. The van der Waals surface area contributed by atoms with Crippen LogP contribution in [0, 0.1) is 17.2 Å². The minimum Gasteiger partial charge on any atom is -0.450 e. The van der Waals surface area contributed by atoms with Gasteiger partial charge in [-0.1, -0.05) is 38.4 Å². The average molecular weight is 593 g/mol. The molecule has 0 radical (unpaired) electrons. The molecule has 4 amide bonds. The Labute approximate surface area is 244 Å². The number of hydrogen-bond donors (Lipinski definition) is 4. The fourth-order valence-electron chi connectivity index (χ4n) is 4.57. The van der Waals surface area contributed by atoms with Crippen molar-refractivity contribution in [2.45, 2.75) is 84.0 Å². The summed E-state index contributed by atoms with van der Waals surface area (Å²) in [6.07, 6.45) is 3.38. The second kappa shape index (κ2) is 13.9. The first-order chi connectivity index (χ1) is 19.2. The zero-order valence-corrected chi connectivity index (χ0v) is 24.5. The summed E-state index contributed by atoms with van der Waals surface area (Å²) in [7, 11) is 0. The fourth-order valence-corrected chi connectivity index (χ4v) is 4.73. The molecule has 12 heteroatoms. The van der Waals surface area contributed by atoms with Crippen molar-refractivity contribution in [3.8, 4) is 0 Å². The van der Waals surface area contributed by atoms with E-state index in [2.05, 4.69) is 21.3 Å². The summed E-state index contributed by atoms with van der Waals surface area (Å²) in [6, 6.07) is 1.92. The van der Waals surface area contributed by atoms with Crippen LogP contribution in [0.15, 0.2) is 24.3 Å². The first-order valence-electron chi connectivity index (χ1n) is 13.7. The summed E-state index contributed by atoms with van der Waals surface area (Å²) in [5.41, 5.74) is -0.261. The molecule has 0 spiro atoms. The van der Waals surface area contributed by atoms with Gasteiger partial charge in [-0.05, 0) is 55.7 Å². The number of hydrogen-bond acceptors (Lipinski definition) is 6. The first-order valence-corrected chi connectivity index (χ1v) is 14.1. The highest BCUT2D eigenvalue weighted by Crippen LogP contribution is 2.24. The second-order valence-corrected chi connectivity index (χ2v) is 12.2. The Kier molecular flexibility index (Phi) is 10.9. The highest BCUT2D eigenvalue weighted by Gasteiger charge is 2.40. The van der Waals surface area contributed by atoms with Crippen LogP contribution >= 0.6 is 11.6 Å². The molecule has 2 aliphatic rings. The van der Waals surface area contributed by atoms with Gasteiger partial charge in [0.05, 0.1) is 6.04 Å². The predicted octanol–water partition coefficient (Wildman–Crippen LogP) is 2.63. The molecular formula is C29H38ClFN4O6. The molecule has 1 heterocycles. The largest absolute Gasteiger partial charge is 0.450 e. The van der Waals surface area contributed by atoms with E-state index in [0.717, 1.165) is 31.9 Å². The first kappa shape index (κ1) is 32.0. The SMILES string of the molecule is CC(=O)OC(C(=O)NC1CC1)C(C[C@@H]1CCNC1=O)NC(=O)[C@H](CC(C)(C)C)NC(=O)/C=C/c1ccc(Cl)cc1F.